The summed E-state index contributed by atoms with van der Waals surface area (Å²) in [7, 11) is 3.38. The Balaban J connectivity index is 2.05. The standard InChI is InChI=1S/C17H22N2O4/c1-17(2)13(14(17)16(22)23)15(21)18-11-7-5-6-10(8-11)9-12(20)19(3)4/h5-8,13-14H,9H2,1-4H3,(H,18,21)(H,22,23)/t13-,14-/m0/s1. The van der Waals surface area contributed by atoms with E-state index < -0.39 is 23.2 Å². The first-order chi connectivity index (χ1) is 10.6. The molecule has 124 valence electrons. The van der Waals surface area contributed by atoms with Gasteiger partial charge in [-0.15, -0.1) is 0 Å². The number of rotatable bonds is 5. The first-order valence-corrected chi connectivity index (χ1v) is 7.47. The van der Waals surface area contributed by atoms with Gasteiger partial charge in [-0.25, -0.2) is 0 Å². The van der Waals surface area contributed by atoms with Crippen molar-refractivity contribution in [3.63, 3.8) is 0 Å². The van der Waals surface area contributed by atoms with E-state index in [-0.39, 0.29) is 18.2 Å². The molecule has 0 aromatic heterocycles. The van der Waals surface area contributed by atoms with Gasteiger partial charge in [0.1, 0.15) is 0 Å². The van der Waals surface area contributed by atoms with Gasteiger partial charge >= 0.3 is 5.97 Å². The Kier molecular flexibility index (Phi) is 4.45. The number of carbonyl (C=O) groups excluding carboxylic acids is 2. The van der Waals surface area contributed by atoms with Crippen molar-refractivity contribution in [3.05, 3.63) is 29.8 Å². The van der Waals surface area contributed by atoms with Crippen LogP contribution in [0.5, 0.6) is 0 Å². The number of likely N-dealkylation sites (N-methyl/N-ethyl adjacent to an activating group) is 1. The summed E-state index contributed by atoms with van der Waals surface area (Å²) in [6, 6.07) is 7.05. The van der Waals surface area contributed by atoms with Gasteiger partial charge in [0.25, 0.3) is 0 Å². The fourth-order valence-electron chi connectivity index (χ4n) is 2.90. The molecule has 2 N–H and O–H groups in total. The first kappa shape index (κ1) is 17.0. The van der Waals surface area contributed by atoms with E-state index >= 15 is 0 Å². The second-order valence-corrected chi connectivity index (χ2v) is 6.77. The summed E-state index contributed by atoms with van der Waals surface area (Å²) in [4.78, 5) is 36.7. The Labute approximate surface area is 135 Å². The number of carbonyl (C=O) groups is 3. The van der Waals surface area contributed by atoms with Gasteiger partial charge in [0.05, 0.1) is 18.3 Å². The molecule has 1 aromatic carbocycles. The van der Waals surface area contributed by atoms with Gasteiger partial charge in [0.2, 0.25) is 11.8 Å². The van der Waals surface area contributed by atoms with Crippen LogP contribution >= 0.6 is 0 Å². The fourth-order valence-corrected chi connectivity index (χ4v) is 2.90. The zero-order chi connectivity index (χ0) is 17.4. The van der Waals surface area contributed by atoms with Crippen molar-refractivity contribution in [2.24, 2.45) is 17.3 Å². The molecule has 0 unspecified atom stereocenters. The lowest BCUT2D eigenvalue weighted by atomic mass is 10.1. The summed E-state index contributed by atoms with van der Waals surface area (Å²) in [5, 5.41) is 11.9. The lowest BCUT2D eigenvalue weighted by Gasteiger charge is -2.11. The normalized spacial score (nSPS) is 21.4. The highest BCUT2D eigenvalue weighted by Crippen LogP contribution is 2.58. The smallest absolute Gasteiger partial charge is 0.307 e. The Bertz CT molecular complexity index is 652. The molecule has 0 aliphatic heterocycles. The topological polar surface area (TPSA) is 86.7 Å². The van der Waals surface area contributed by atoms with Gasteiger partial charge in [0, 0.05) is 19.8 Å². The number of nitrogens with one attached hydrogen (secondary N) is 1. The molecule has 2 amide bonds. The zero-order valence-corrected chi connectivity index (χ0v) is 13.8. The van der Waals surface area contributed by atoms with Crippen LogP contribution in [0.25, 0.3) is 0 Å². The molecule has 0 saturated heterocycles. The second-order valence-electron chi connectivity index (χ2n) is 6.77. The van der Waals surface area contributed by atoms with Crippen LogP contribution in [-0.2, 0) is 20.8 Å². The summed E-state index contributed by atoms with van der Waals surface area (Å²) in [5.74, 6) is -2.45. The molecule has 0 bridgehead atoms. The zero-order valence-electron chi connectivity index (χ0n) is 13.8. The molecule has 2 rings (SSSR count). The highest BCUT2D eigenvalue weighted by molar-refractivity contribution is 5.99. The number of carboxylic acids is 1. The van der Waals surface area contributed by atoms with E-state index in [4.69, 9.17) is 5.11 Å². The molecule has 1 saturated carbocycles. The number of hydrogen-bond donors (Lipinski definition) is 2. The molecule has 1 fully saturated rings. The van der Waals surface area contributed by atoms with Crippen molar-refractivity contribution in [2.45, 2.75) is 20.3 Å². The van der Waals surface area contributed by atoms with Crippen molar-refractivity contribution < 1.29 is 19.5 Å². The second kappa shape index (κ2) is 6.02. The molecule has 6 nitrogen and oxygen atoms in total. The number of benzene rings is 1. The van der Waals surface area contributed by atoms with E-state index in [0.717, 1.165) is 5.56 Å². The van der Waals surface area contributed by atoms with Crippen LogP contribution in [0.1, 0.15) is 19.4 Å². The molecule has 1 aromatic rings. The monoisotopic (exact) mass is 318 g/mol. The maximum Gasteiger partial charge on any atom is 0.307 e. The SMILES string of the molecule is CN(C)C(=O)Cc1cccc(NC(=O)[C@@H]2[C@@H](C(=O)O)C2(C)C)c1. The van der Waals surface area contributed by atoms with Gasteiger partial charge in [-0.05, 0) is 23.1 Å². The Morgan fingerprint density at radius 1 is 1.22 bits per heavy atom. The molecule has 1 aliphatic carbocycles. The summed E-state index contributed by atoms with van der Waals surface area (Å²) in [6.07, 6.45) is 0.253. The largest absolute Gasteiger partial charge is 0.481 e. The van der Waals surface area contributed by atoms with Gasteiger partial charge in [-0.3, -0.25) is 14.4 Å². The van der Waals surface area contributed by atoms with E-state index in [9.17, 15) is 14.4 Å². The van der Waals surface area contributed by atoms with Gasteiger partial charge in [-0.1, -0.05) is 26.0 Å². The van der Waals surface area contributed by atoms with Crippen LogP contribution in [0.15, 0.2) is 24.3 Å². The van der Waals surface area contributed by atoms with Crippen molar-refractivity contribution in [1.82, 2.24) is 4.90 Å². The van der Waals surface area contributed by atoms with Crippen LogP contribution in [0.3, 0.4) is 0 Å². The lowest BCUT2D eigenvalue weighted by Crippen LogP contribution is -2.23. The molecule has 0 radical (unpaired) electrons. The van der Waals surface area contributed by atoms with E-state index in [2.05, 4.69) is 5.32 Å². The average molecular weight is 318 g/mol. The Hall–Kier alpha value is -2.37. The molecule has 2 atom stereocenters. The predicted molar refractivity (Wildman–Crippen MR) is 85.9 cm³/mol. The van der Waals surface area contributed by atoms with Crippen LogP contribution in [-0.4, -0.2) is 41.9 Å². The minimum absolute atomic E-state index is 0.0252. The first-order valence-electron chi connectivity index (χ1n) is 7.47. The van der Waals surface area contributed by atoms with Crippen molar-refractivity contribution in [2.75, 3.05) is 19.4 Å². The van der Waals surface area contributed by atoms with Crippen molar-refractivity contribution >= 4 is 23.5 Å². The number of anilines is 1. The number of amides is 2. The van der Waals surface area contributed by atoms with Crippen molar-refractivity contribution in [3.8, 4) is 0 Å². The fraction of sp³-hybridized carbons (Fsp3) is 0.471. The molecule has 23 heavy (non-hydrogen) atoms. The number of aliphatic carboxylic acids is 1. The molecule has 0 spiro atoms. The summed E-state index contributed by atoms with van der Waals surface area (Å²) in [5.41, 5.74) is 0.839. The van der Waals surface area contributed by atoms with Crippen LogP contribution < -0.4 is 5.32 Å². The van der Waals surface area contributed by atoms with Gasteiger partial charge < -0.3 is 15.3 Å². The van der Waals surface area contributed by atoms with E-state index in [1.54, 1.807) is 46.1 Å². The van der Waals surface area contributed by atoms with Crippen LogP contribution in [0, 0.1) is 17.3 Å². The van der Waals surface area contributed by atoms with Crippen molar-refractivity contribution in [1.29, 1.82) is 0 Å². The molecular formula is C17H22N2O4. The Morgan fingerprint density at radius 3 is 2.39 bits per heavy atom. The Morgan fingerprint density at radius 2 is 1.87 bits per heavy atom. The average Bonchev–Trinajstić information content (AvgIpc) is 3.02. The lowest BCUT2D eigenvalue weighted by molar-refractivity contribution is -0.140. The van der Waals surface area contributed by atoms with E-state index in [1.165, 1.54) is 4.90 Å². The molecule has 0 heterocycles. The maximum absolute atomic E-state index is 12.3. The summed E-state index contributed by atoms with van der Waals surface area (Å²) in [6.45, 7) is 3.56. The van der Waals surface area contributed by atoms with Gasteiger partial charge in [0.15, 0.2) is 0 Å². The van der Waals surface area contributed by atoms with Crippen LogP contribution in [0.4, 0.5) is 5.69 Å². The molecular weight excluding hydrogens is 296 g/mol. The third kappa shape index (κ3) is 3.52. The van der Waals surface area contributed by atoms with E-state index in [0.29, 0.717) is 5.69 Å². The minimum atomic E-state index is -0.944. The minimum Gasteiger partial charge on any atom is -0.481 e. The van der Waals surface area contributed by atoms with E-state index in [1.807, 2.05) is 6.07 Å². The predicted octanol–water partition coefficient (Wildman–Crippen LogP) is 1.61. The highest BCUT2D eigenvalue weighted by atomic mass is 16.4. The third-order valence-electron chi connectivity index (χ3n) is 4.42. The van der Waals surface area contributed by atoms with Gasteiger partial charge in [-0.2, -0.15) is 0 Å². The quantitative estimate of drug-likeness (QED) is 0.863. The number of hydrogen-bond acceptors (Lipinski definition) is 3. The summed E-state index contributed by atoms with van der Waals surface area (Å²) < 4.78 is 0. The third-order valence-corrected chi connectivity index (χ3v) is 4.42. The molecule has 6 heteroatoms. The number of carboxylic acid groups (broad SMARTS) is 1. The maximum atomic E-state index is 12.3. The van der Waals surface area contributed by atoms with Crippen LogP contribution in [0.2, 0.25) is 0 Å². The molecule has 1 aliphatic rings. The highest BCUT2D eigenvalue weighted by Gasteiger charge is 2.65. The number of nitrogens with zero attached hydrogens (tertiary/aromatic N) is 1. The summed E-state index contributed by atoms with van der Waals surface area (Å²) >= 11 is 0.